The van der Waals surface area contributed by atoms with Gasteiger partial charge >= 0.3 is 6.01 Å². The second-order valence-electron chi connectivity index (χ2n) is 4.77. The molecule has 1 rings (SSSR count). The molecule has 0 N–H and O–H groups in total. The minimum absolute atomic E-state index is 0.0191. The van der Waals surface area contributed by atoms with Gasteiger partial charge in [-0.3, -0.25) is 0 Å². The van der Waals surface area contributed by atoms with E-state index in [9.17, 15) is 4.39 Å². The normalized spacial score (nSPS) is 13.5. The highest BCUT2D eigenvalue weighted by Crippen LogP contribution is 2.20. The molecule has 0 spiro atoms. The largest absolute Gasteiger partial charge is 0.461 e. The molecule has 1 aromatic heterocycles. The highest BCUT2D eigenvalue weighted by atomic mass is 19.1. The molecule has 1 atom stereocenters. The van der Waals surface area contributed by atoms with Crippen LogP contribution in [0.15, 0.2) is 12.4 Å². The molecular formula is C12H19FN2O2. The van der Waals surface area contributed by atoms with Crippen molar-refractivity contribution in [3.05, 3.63) is 18.0 Å². The minimum atomic E-state index is -1.28. The van der Waals surface area contributed by atoms with Crippen LogP contribution >= 0.6 is 0 Å². The van der Waals surface area contributed by atoms with E-state index >= 15 is 0 Å². The third kappa shape index (κ3) is 5.08. The van der Waals surface area contributed by atoms with Gasteiger partial charge in [0.05, 0.1) is 6.61 Å². The van der Waals surface area contributed by atoms with E-state index in [1.165, 1.54) is 6.92 Å². The van der Waals surface area contributed by atoms with Gasteiger partial charge in [-0.1, -0.05) is 20.8 Å². The molecule has 0 fully saturated rings. The molecular weight excluding hydrogens is 223 g/mol. The molecule has 0 radical (unpaired) electrons. The summed E-state index contributed by atoms with van der Waals surface area (Å²) in [4.78, 5) is 8.16. The smallest absolute Gasteiger partial charge is 0.316 e. The van der Waals surface area contributed by atoms with Crippen LogP contribution in [-0.4, -0.2) is 29.5 Å². The number of alkyl halides is 1. The van der Waals surface area contributed by atoms with Gasteiger partial charge in [0.1, 0.15) is 6.61 Å². The zero-order valence-electron chi connectivity index (χ0n) is 10.7. The maximum Gasteiger partial charge on any atom is 0.316 e. The van der Waals surface area contributed by atoms with Gasteiger partial charge in [-0.25, -0.2) is 14.4 Å². The second kappa shape index (κ2) is 5.91. The lowest BCUT2D eigenvalue weighted by atomic mass is 9.89. The quantitative estimate of drug-likeness (QED) is 0.744. The fourth-order valence-corrected chi connectivity index (χ4v) is 1.12. The van der Waals surface area contributed by atoms with Crippen molar-refractivity contribution in [2.45, 2.75) is 39.5 Å². The van der Waals surface area contributed by atoms with Crippen molar-refractivity contribution < 1.29 is 13.9 Å². The van der Waals surface area contributed by atoms with Gasteiger partial charge in [0, 0.05) is 12.4 Å². The Bertz CT molecular complexity index is 333. The van der Waals surface area contributed by atoms with Crippen molar-refractivity contribution in [2.24, 2.45) is 0 Å². The van der Waals surface area contributed by atoms with E-state index in [2.05, 4.69) is 30.7 Å². The molecule has 17 heavy (non-hydrogen) atoms. The van der Waals surface area contributed by atoms with Crippen molar-refractivity contribution >= 4 is 0 Å². The fourth-order valence-electron chi connectivity index (χ4n) is 1.12. The Morgan fingerprint density at radius 2 is 1.82 bits per heavy atom. The van der Waals surface area contributed by atoms with Crippen LogP contribution in [-0.2, 0) is 10.2 Å². The molecule has 0 amide bonds. The monoisotopic (exact) mass is 242 g/mol. The number of nitrogens with zero attached hydrogens (tertiary/aromatic N) is 2. The molecule has 0 bridgehead atoms. The van der Waals surface area contributed by atoms with E-state index in [0.29, 0.717) is 0 Å². The fraction of sp³-hybridized carbons (Fsp3) is 0.667. The number of halogens is 1. The lowest BCUT2D eigenvalue weighted by Crippen LogP contribution is -2.14. The standard InChI is InChI=1S/C12H19FN2O2/c1-9(13)16-5-6-17-11-14-7-10(8-15-11)12(2,3)4/h7-9H,5-6H2,1-4H3. The third-order valence-corrected chi connectivity index (χ3v) is 2.16. The first-order valence-electron chi connectivity index (χ1n) is 5.60. The van der Waals surface area contributed by atoms with Crippen molar-refractivity contribution in [2.75, 3.05) is 13.2 Å². The molecule has 96 valence electrons. The topological polar surface area (TPSA) is 44.2 Å². The zero-order chi connectivity index (χ0) is 12.9. The number of hydrogen-bond acceptors (Lipinski definition) is 4. The van der Waals surface area contributed by atoms with Crippen LogP contribution in [0.25, 0.3) is 0 Å². The average Bonchev–Trinajstić information content (AvgIpc) is 2.23. The molecule has 0 aliphatic carbocycles. The van der Waals surface area contributed by atoms with E-state index in [-0.39, 0.29) is 24.6 Å². The SMILES string of the molecule is CC(F)OCCOc1ncc(C(C)(C)C)cn1. The summed E-state index contributed by atoms with van der Waals surface area (Å²) < 4.78 is 22.2. The predicted molar refractivity (Wildman–Crippen MR) is 62.7 cm³/mol. The Hall–Kier alpha value is -1.23. The molecule has 0 saturated carbocycles. The molecule has 4 nitrogen and oxygen atoms in total. The Morgan fingerprint density at radius 1 is 1.24 bits per heavy atom. The highest BCUT2D eigenvalue weighted by molar-refractivity contribution is 5.16. The van der Waals surface area contributed by atoms with Crippen molar-refractivity contribution in [1.29, 1.82) is 0 Å². The summed E-state index contributed by atoms with van der Waals surface area (Å²) in [6.07, 6.45) is 2.20. The lowest BCUT2D eigenvalue weighted by molar-refractivity contribution is -0.0357. The first-order chi connectivity index (χ1) is 7.89. The number of hydrogen-bond donors (Lipinski definition) is 0. The van der Waals surface area contributed by atoms with Crippen LogP contribution < -0.4 is 4.74 Å². The van der Waals surface area contributed by atoms with Crippen molar-refractivity contribution in [1.82, 2.24) is 9.97 Å². The predicted octanol–water partition coefficient (Wildman–Crippen LogP) is 2.49. The average molecular weight is 242 g/mol. The van der Waals surface area contributed by atoms with Gasteiger partial charge < -0.3 is 9.47 Å². The minimum Gasteiger partial charge on any atom is -0.461 e. The summed E-state index contributed by atoms with van der Waals surface area (Å²) in [5.41, 5.74) is 1.06. The van der Waals surface area contributed by atoms with Gasteiger partial charge in [0.25, 0.3) is 0 Å². The van der Waals surface area contributed by atoms with Crippen LogP contribution in [0.2, 0.25) is 0 Å². The van der Waals surface area contributed by atoms with E-state index in [1.807, 2.05) is 0 Å². The van der Waals surface area contributed by atoms with Crippen LogP contribution in [0.5, 0.6) is 6.01 Å². The van der Waals surface area contributed by atoms with Crippen LogP contribution in [0.3, 0.4) is 0 Å². The van der Waals surface area contributed by atoms with Crippen molar-refractivity contribution in [3.63, 3.8) is 0 Å². The van der Waals surface area contributed by atoms with Crippen LogP contribution in [0, 0.1) is 0 Å². The number of rotatable bonds is 5. The molecule has 0 saturated heterocycles. The summed E-state index contributed by atoms with van der Waals surface area (Å²) in [7, 11) is 0. The summed E-state index contributed by atoms with van der Waals surface area (Å²) in [6, 6.07) is 0.285. The van der Waals surface area contributed by atoms with E-state index in [0.717, 1.165) is 5.56 Å². The Balaban J connectivity index is 2.41. The third-order valence-electron chi connectivity index (χ3n) is 2.16. The maximum absolute atomic E-state index is 12.3. The zero-order valence-corrected chi connectivity index (χ0v) is 10.7. The van der Waals surface area contributed by atoms with Crippen LogP contribution in [0.1, 0.15) is 33.3 Å². The molecule has 0 aromatic carbocycles. The first kappa shape index (κ1) is 13.8. The molecule has 1 aromatic rings. The molecule has 1 unspecified atom stereocenters. The van der Waals surface area contributed by atoms with Gasteiger partial charge in [-0.05, 0) is 17.9 Å². The van der Waals surface area contributed by atoms with Crippen LogP contribution in [0.4, 0.5) is 4.39 Å². The summed E-state index contributed by atoms with van der Waals surface area (Å²) in [6.45, 7) is 8.01. The summed E-state index contributed by atoms with van der Waals surface area (Å²) >= 11 is 0. The van der Waals surface area contributed by atoms with Gasteiger partial charge in [0.2, 0.25) is 0 Å². The Kier molecular flexibility index (Phi) is 4.81. The number of ether oxygens (including phenoxy) is 2. The summed E-state index contributed by atoms with van der Waals surface area (Å²) in [5.74, 6) is 0. The molecule has 5 heteroatoms. The molecule has 0 aliphatic rings. The van der Waals surface area contributed by atoms with E-state index in [1.54, 1.807) is 12.4 Å². The Labute approximate surface area is 101 Å². The Morgan fingerprint density at radius 3 is 2.29 bits per heavy atom. The van der Waals surface area contributed by atoms with E-state index < -0.39 is 6.36 Å². The van der Waals surface area contributed by atoms with E-state index in [4.69, 9.17) is 9.47 Å². The molecule has 0 aliphatic heterocycles. The highest BCUT2D eigenvalue weighted by Gasteiger charge is 2.14. The second-order valence-corrected chi connectivity index (χ2v) is 4.77. The summed E-state index contributed by atoms with van der Waals surface area (Å²) in [5, 5.41) is 0. The number of aromatic nitrogens is 2. The maximum atomic E-state index is 12.3. The van der Waals surface area contributed by atoms with Gasteiger partial charge in [0.15, 0.2) is 6.36 Å². The first-order valence-corrected chi connectivity index (χ1v) is 5.60. The lowest BCUT2D eigenvalue weighted by Gasteiger charge is -2.17. The van der Waals surface area contributed by atoms with Gasteiger partial charge in [-0.15, -0.1) is 0 Å². The molecule has 1 heterocycles. The van der Waals surface area contributed by atoms with Crippen molar-refractivity contribution in [3.8, 4) is 6.01 Å². The van der Waals surface area contributed by atoms with Gasteiger partial charge in [-0.2, -0.15) is 0 Å².